The number of carbonyl (C=O) groups excluding carboxylic acids is 1. The van der Waals surface area contributed by atoms with Gasteiger partial charge in [-0.1, -0.05) is 24.3 Å². The third kappa shape index (κ3) is 2.68. The Morgan fingerprint density at radius 3 is 3.00 bits per heavy atom. The number of hydrogen-bond donors (Lipinski definition) is 0. The van der Waals surface area contributed by atoms with Crippen molar-refractivity contribution < 1.29 is 14.3 Å². The van der Waals surface area contributed by atoms with Crippen molar-refractivity contribution in [2.75, 3.05) is 19.8 Å². The van der Waals surface area contributed by atoms with Crippen LogP contribution in [0.15, 0.2) is 24.3 Å². The van der Waals surface area contributed by atoms with E-state index in [2.05, 4.69) is 0 Å². The molecule has 0 aliphatic carbocycles. The van der Waals surface area contributed by atoms with Gasteiger partial charge in [0.05, 0.1) is 12.7 Å². The van der Waals surface area contributed by atoms with Crippen molar-refractivity contribution in [1.29, 1.82) is 0 Å². The maximum Gasteiger partial charge on any atom is 0.188 e. The smallest absolute Gasteiger partial charge is 0.188 e. The fourth-order valence-electron chi connectivity index (χ4n) is 1.80. The van der Waals surface area contributed by atoms with Crippen molar-refractivity contribution in [1.82, 2.24) is 0 Å². The number of carbonyl (C=O) groups is 1. The normalized spacial score (nSPS) is 19.9. The molecule has 1 unspecified atom stereocenters. The summed E-state index contributed by atoms with van der Waals surface area (Å²) >= 11 is 0. The van der Waals surface area contributed by atoms with Crippen LogP contribution in [0.5, 0.6) is 0 Å². The molecule has 0 radical (unpaired) electrons. The maximum absolute atomic E-state index is 11.9. The summed E-state index contributed by atoms with van der Waals surface area (Å²) in [6.45, 7) is 3.44. The Morgan fingerprint density at radius 2 is 2.31 bits per heavy atom. The molecular weight excluding hydrogens is 204 g/mol. The Hall–Kier alpha value is -1.19. The summed E-state index contributed by atoms with van der Waals surface area (Å²) in [6.07, 6.45) is 0.981. The molecule has 1 aliphatic heterocycles. The third-order valence-electron chi connectivity index (χ3n) is 2.78. The van der Waals surface area contributed by atoms with Crippen LogP contribution in [0.2, 0.25) is 0 Å². The minimum atomic E-state index is 0.0463. The van der Waals surface area contributed by atoms with Crippen molar-refractivity contribution in [3.63, 3.8) is 0 Å². The van der Waals surface area contributed by atoms with Crippen LogP contribution in [-0.4, -0.2) is 31.7 Å². The van der Waals surface area contributed by atoms with Gasteiger partial charge in [0.15, 0.2) is 5.78 Å². The average molecular weight is 220 g/mol. The van der Waals surface area contributed by atoms with Crippen molar-refractivity contribution in [2.24, 2.45) is 0 Å². The van der Waals surface area contributed by atoms with E-state index in [-0.39, 0.29) is 18.5 Å². The molecule has 1 aromatic carbocycles. The minimum Gasteiger partial charge on any atom is -0.379 e. The fraction of sp³-hybridized carbons (Fsp3) is 0.462. The Balaban J connectivity index is 1.90. The zero-order chi connectivity index (χ0) is 11.4. The number of ketones is 1. The highest BCUT2D eigenvalue weighted by atomic mass is 16.5. The molecule has 0 saturated carbocycles. The van der Waals surface area contributed by atoms with Crippen molar-refractivity contribution in [3.05, 3.63) is 35.4 Å². The maximum atomic E-state index is 11.9. The van der Waals surface area contributed by atoms with Gasteiger partial charge in [-0.05, 0) is 18.9 Å². The quantitative estimate of drug-likeness (QED) is 0.728. The van der Waals surface area contributed by atoms with Crippen LogP contribution >= 0.6 is 0 Å². The molecule has 16 heavy (non-hydrogen) atoms. The zero-order valence-corrected chi connectivity index (χ0v) is 9.44. The van der Waals surface area contributed by atoms with E-state index in [9.17, 15) is 4.79 Å². The molecular formula is C13H16O3. The summed E-state index contributed by atoms with van der Waals surface area (Å²) in [5, 5.41) is 0. The summed E-state index contributed by atoms with van der Waals surface area (Å²) in [7, 11) is 0. The molecule has 0 N–H and O–H groups in total. The van der Waals surface area contributed by atoms with Crippen LogP contribution in [0, 0.1) is 6.92 Å². The van der Waals surface area contributed by atoms with Crippen LogP contribution in [-0.2, 0) is 9.47 Å². The van der Waals surface area contributed by atoms with Gasteiger partial charge in [-0.2, -0.15) is 0 Å². The lowest BCUT2D eigenvalue weighted by Crippen LogP contribution is -2.19. The topological polar surface area (TPSA) is 35.5 Å². The first-order valence-electron chi connectivity index (χ1n) is 5.55. The SMILES string of the molecule is Cc1ccccc1C(=O)COC1CCOC1. The Kier molecular flexibility index (Phi) is 3.70. The number of aryl methyl sites for hydroxylation is 1. The second kappa shape index (κ2) is 5.23. The third-order valence-corrected chi connectivity index (χ3v) is 2.78. The molecule has 1 aliphatic rings. The van der Waals surface area contributed by atoms with Gasteiger partial charge in [0.1, 0.15) is 6.61 Å². The standard InChI is InChI=1S/C13H16O3/c1-10-4-2-3-5-12(10)13(14)9-16-11-6-7-15-8-11/h2-5,11H,6-9H2,1H3. The van der Waals surface area contributed by atoms with E-state index in [1.807, 2.05) is 31.2 Å². The van der Waals surface area contributed by atoms with E-state index in [0.29, 0.717) is 6.61 Å². The van der Waals surface area contributed by atoms with Crippen LogP contribution in [0.4, 0.5) is 0 Å². The molecule has 1 atom stereocenters. The summed E-state index contributed by atoms with van der Waals surface area (Å²) in [5.74, 6) is 0.0463. The molecule has 1 fully saturated rings. The van der Waals surface area contributed by atoms with Crippen LogP contribution in [0.25, 0.3) is 0 Å². The first-order valence-corrected chi connectivity index (χ1v) is 5.55. The molecule has 3 nitrogen and oxygen atoms in total. The minimum absolute atomic E-state index is 0.0463. The molecule has 0 bridgehead atoms. The van der Waals surface area contributed by atoms with Crippen molar-refractivity contribution in [2.45, 2.75) is 19.4 Å². The summed E-state index contributed by atoms with van der Waals surface area (Å²) in [5.41, 5.74) is 1.75. The van der Waals surface area contributed by atoms with Gasteiger partial charge in [0.25, 0.3) is 0 Å². The second-order valence-electron chi connectivity index (χ2n) is 4.03. The summed E-state index contributed by atoms with van der Waals surface area (Å²) in [6, 6.07) is 7.58. The van der Waals surface area contributed by atoms with E-state index in [1.54, 1.807) is 0 Å². The lowest BCUT2D eigenvalue weighted by atomic mass is 10.1. The highest BCUT2D eigenvalue weighted by molar-refractivity contribution is 5.98. The highest BCUT2D eigenvalue weighted by Crippen LogP contribution is 2.11. The largest absolute Gasteiger partial charge is 0.379 e. The molecule has 0 aromatic heterocycles. The predicted molar refractivity (Wildman–Crippen MR) is 60.7 cm³/mol. The lowest BCUT2D eigenvalue weighted by Gasteiger charge is -2.09. The van der Waals surface area contributed by atoms with Gasteiger partial charge in [-0.25, -0.2) is 0 Å². The zero-order valence-electron chi connectivity index (χ0n) is 9.44. The predicted octanol–water partition coefficient (Wildman–Crippen LogP) is 1.98. The molecule has 1 saturated heterocycles. The van der Waals surface area contributed by atoms with E-state index in [1.165, 1.54) is 0 Å². The number of ether oxygens (including phenoxy) is 2. The number of Topliss-reactive ketones (excluding diaryl/α,β-unsaturated/α-hetero) is 1. The van der Waals surface area contributed by atoms with Gasteiger partial charge in [0.2, 0.25) is 0 Å². The van der Waals surface area contributed by atoms with Crippen LogP contribution < -0.4 is 0 Å². The number of rotatable bonds is 4. The average Bonchev–Trinajstić information content (AvgIpc) is 2.79. The first-order chi connectivity index (χ1) is 7.77. The monoisotopic (exact) mass is 220 g/mol. The lowest BCUT2D eigenvalue weighted by molar-refractivity contribution is 0.0390. The molecule has 0 spiro atoms. The molecule has 1 aromatic rings. The van der Waals surface area contributed by atoms with Gasteiger partial charge in [0, 0.05) is 12.2 Å². The van der Waals surface area contributed by atoms with Crippen LogP contribution in [0.1, 0.15) is 22.3 Å². The van der Waals surface area contributed by atoms with Gasteiger partial charge in [-0.15, -0.1) is 0 Å². The van der Waals surface area contributed by atoms with E-state index in [4.69, 9.17) is 9.47 Å². The van der Waals surface area contributed by atoms with Crippen molar-refractivity contribution in [3.8, 4) is 0 Å². The fourth-order valence-corrected chi connectivity index (χ4v) is 1.80. The van der Waals surface area contributed by atoms with Crippen LogP contribution in [0.3, 0.4) is 0 Å². The van der Waals surface area contributed by atoms with Gasteiger partial charge < -0.3 is 9.47 Å². The molecule has 0 amide bonds. The summed E-state index contributed by atoms with van der Waals surface area (Å²) < 4.78 is 10.7. The molecule has 1 heterocycles. The van der Waals surface area contributed by atoms with E-state index >= 15 is 0 Å². The number of hydrogen-bond acceptors (Lipinski definition) is 3. The van der Waals surface area contributed by atoms with E-state index < -0.39 is 0 Å². The van der Waals surface area contributed by atoms with Gasteiger partial charge in [-0.3, -0.25) is 4.79 Å². The summed E-state index contributed by atoms with van der Waals surface area (Å²) in [4.78, 5) is 11.9. The number of benzene rings is 1. The second-order valence-corrected chi connectivity index (χ2v) is 4.03. The molecule has 2 rings (SSSR count). The van der Waals surface area contributed by atoms with E-state index in [0.717, 1.165) is 24.2 Å². The Morgan fingerprint density at radius 1 is 1.50 bits per heavy atom. The molecule has 86 valence electrons. The Labute approximate surface area is 95.4 Å². The Bertz CT molecular complexity index is 367. The highest BCUT2D eigenvalue weighted by Gasteiger charge is 2.18. The first kappa shape index (κ1) is 11.3. The van der Waals surface area contributed by atoms with Crippen molar-refractivity contribution >= 4 is 5.78 Å². The molecule has 3 heteroatoms. The van der Waals surface area contributed by atoms with Gasteiger partial charge >= 0.3 is 0 Å².